The number of benzene rings is 1. The van der Waals surface area contributed by atoms with Gasteiger partial charge in [-0.15, -0.1) is 0 Å². The minimum Gasteiger partial charge on any atom is -0.400 e. The number of allylic oxidation sites excluding steroid dienone is 2. The predicted molar refractivity (Wildman–Crippen MR) is 83.5 cm³/mol. The summed E-state index contributed by atoms with van der Waals surface area (Å²) in [7, 11) is 0. The zero-order valence-corrected chi connectivity index (χ0v) is 12.5. The molecule has 1 saturated carbocycles. The third kappa shape index (κ3) is 2.88. The molecule has 2 N–H and O–H groups in total. The fourth-order valence-electron chi connectivity index (χ4n) is 3.57. The van der Waals surface area contributed by atoms with Crippen molar-refractivity contribution in [1.82, 2.24) is 0 Å². The highest BCUT2D eigenvalue weighted by Gasteiger charge is 2.38. The van der Waals surface area contributed by atoms with Crippen LogP contribution < -0.4 is 5.73 Å². The van der Waals surface area contributed by atoms with E-state index in [0.717, 1.165) is 30.5 Å². The Kier molecular flexibility index (Phi) is 4.49. The molecule has 2 rings (SSSR count). The van der Waals surface area contributed by atoms with Crippen molar-refractivity contribution in [2.24, 2.45) is 17.1 Å². The van der Waals surface area contributed by atoms with Crippen LogP contribution in [0.4, 0.5) is 0 Å². The summed E-state index contributed by atoms with van der Waals surface area (Å²) in [5, 5.41) is 9.57. The second-order valence-electron chi connectivity index (χ2n) is 6.35. The van der Waals surface area contributed by atoms with Gasteiger partial charge in [0.2, 0.25) is 0 Å². The molecule has 1 aromatic carbocycles. The van der Waals surface area contributed by atoms with Gasteiger partial charge in [0, 0.05) is 11.1 Å². The number of nitrogens with two attached hydrogens (primary N) is 1. The van der Waals surface area contributed by atoms with Gasteiger partial charge in [0.25, 0.3) is 0 Å². The van der Waals surface area contributed by atoms with Crippen molar-refractivity contribution in [2.75, 3.05) is 0 Å². The second-order valence-corrected chi connectivity index (χ2v) is 6.35. The van der Waals surface area contributed by atoms with Gasteiger partial charge in [-0.05, 0) is 30.7 Å². The van der Waals surface area contributed by atoms with Crippen LogP contribution in [0.5, 0.6) is 0 Å². The van der Waals surface area contributed by atoms with Crippen molar-refractivity contribution < 1.29 is 0 Å². The summed E-state index contributed by atoms with van der Waals surface area (Å²) in [6.45, 7) is 4.48. The minimum atomic E-state index is 0.0368. The SMILES string of the molecule is CC(C)CC1(/C(N)=C(/C#N)c2ccccc2)CCCC1. The Labute approximate surface area is 122 Å². The Bertz CT molecular complexity index is 514. The monoisotopic (exact) mass is 268 g/mol. The topological polar surface area (TPSA) is 49.8 Å². The van der Waals surface area contributed by atoms with Crippen LogP contribution in [0.1, 0.15) is 51.5 Å². The maximum atomic E-state index is 9.57. The van der Waals surface area contributed by atoms with Crippen LogP contribution in [0.25, 0.3) is 5.57 Å². The Hall–Kier alpha value is -1.75. The van der Waals surface area contributed by atoms with Gasteiger partial charge in [0.05, 0.1) is 5.57 Å². The van der Waals surface area contributed by atoms with Crippen molar-refractivity contribution in [3.05, 3.63) is 41.6 Å². The fourth-order valence-corrected chi connectivity index (χ4v) is 3.57. The van der Waals surface area contributed by atoms with E-state index in [1.54, 1.807) is 0 Å². The van der Waals surface area contributed by atoms with Gasteiger partial charge in [0.15, 0.2) is 0 Å². The lowest BCUT2D eigenvalue weighted by Crippen LogP contribution is -2.28. The Morgan fingerprint density at radius 2 is 1.85 bits per heavy atom. The smallest absolute Gasteiger partial charge is 0.102 e. The molecule has 1 aromatic rings. The standard InChI is InChI=1S/C18H24N2/c1-14(2)12-18(10-6-7-11-18)17(20)16(13-19)15-8-4-3-5-9-15/h3-5,8-9,14H,6-7,10-12,20H2,1-2H3/b17-16+. The van der Waals surface area contributed by atoms with Crippen LogP contribution in [0, 0.1) is 22.7 Å². The first-order chi connectivity index (χ1) is 9.59. The van der Waals surface area contributed by atoms with Crippen molar-refractivity contribution in [1.29, 1.82) is 5.26 Å². The van der Waals surface area contributed by atoms with Gasteiger partial charge in [-0.25, -0.2) is 0 Å². The quantitative estimate of drug-likeness (QED) is 0.818. The van der Waals surface area contributed by atoms with Crippen LogP contribution in [-0.4, -0.2) is 0 Å². The zero-order valence-electron chi connectivity index (χ0n) is 12.5. The van der Waals surface area contributed by atoms with E-state index in [-0.39, 0.29) is 5.41 Å². The number of nitrogens with zero attached hydrogens (tertiary/aromatic N) is 1. The van der Waals surface area contributed by atoms with Gasteiger partial charge >= 0.3 is 0 Å². The normalized spacial score (nSPS) is 18.7. The first kappa shape index (κ1) is 14.7. The summed E-state index contributed by atoms with van der Waals surface area (Å²) in [6.07, 6.45) is 5.77. The molecular weight excluding hydrogens is 244 g/mol. The van der Waals surface area contributed by atoms with E-state index in [1.165, 1.54) is 12.8 Å². The van der Waals surface area contributed by atoms with Gasteiger partial charge in [-0.2, -0.15) is 5.26 Å². The maximum absolute atomic E-state index is 9.57. The lowest BCUT2D eigenvalue weighted by molar-refractivity contribution is 0.288. The molecule has 2 heteroatoms. The maximum Gasteiger partial charge on any atom is 0.102 e. The second kappa shape index (κ2) is 6.13. The molecule has 0 saturated heterocycles. The van der Waals surface area contributed by atoms with Gasteiger partial charge in [-0.1, -0.05) is 57.0 Å². The van der Waals surface area contributed by atoms with Crippen molar-refractivity contribution >= 4 is 5.57 Å². The lowest BCUT2D eigenvalue weighted by Gasteiger charge is -2.32. The average Bonchev–Trinajstić information content (AvgIpc) is 2.89. The van der Waals surface area contributed by atoms with E-state index in [2.05, 4.69) is 19.9 Å². The predicted octanol–water partition coefficient (Wildman–Crippen LogP) is 4.49. The van der Waals surface area contributed by atoms with Gasteiger partial charge in [-0.3, -0.25) is 0 Å². The minimum absolute atomic E-state index is 0.0368. The zero-order chi connectivity index (χ0) is 14.6. The molecule has 20 heavy (non-hydrogen) atoms. The molecule has 0 spiro atoms. The van der Waals surface area contributed by atoms with E-state index in [9.17, 15) is 5.26 Å². The molecule has 2 nitrogen and oxygen atoms in total. The summed E-state index contributed by atoms with van der Waals surface area (Å²) >= 11 is 0. The van der Waals surface area contributed by atoms with E-state index in [4.69, 9.17) is 5.73 Å². The molecule has 1 fully saturated rings. The van der Waals surface area contributed by atoms with Gasteiger partial charge in [0.1, 0.15) is 6.07 Å². The van der Waals surface area contributed by atoms with Crippen LogP contribution in [0.2, 0.25) is 0 Å². The van der Waals surface area contributed by atoms with Crippen molar-refractivity contribution in [3.63, 3.8) is 0 Å². The molecule has 0 bridgehead atoms. The molecule has 0 aliphatic heterocycles. The first-order valence-electron chi connectivity index (χ1n) is 7.55. The molecule has 0 amide bonds. The number of hydrogen-bond donors (Lipinski definition) is 1. The molecule has 0 heterocycles. The van der Waals surface area contributed by atoms with Crippen LogP contribution in [0.15, 0.2) is 36.0 Å². The van der Waals surface area contributed by atoms with E-state index >= 15 is 0 Å². The average molecular weight is 268 g/mol. The Morgan fingerprint density at radius 1 is 1.25 bits per heavy atom. The largest absolute Gasteiger partial charge is 0.400 e. The van der Waals surface area contributed by atoms with Crippen LogP contribution in [-0.2, 0) is 0 Å². The van der Waals surface area contributed by atoms with Crippen molar-refractivity contribution in [3.8, 4) is 6.07 Å². The van der Waals surface area contributed by atoms with E-state index in [0.29, 0.717) is 11.5 Å². The summed E-state index contributed by atoms with van der Waals surface area (Å²) < 4.78 is 0. The first-order valence-corrected chi connectivity index (χ1v) is 7.55. The highest BCUT2D eigenvalue weighted by Crippen LogP contribution is 2.48. The highest BCUT2D eigenvalue weighted by molar-refractivity contribution is 5.79. The third-order valence-corrected chi connectivity index (χ3v) is 4.37. The molecule has 106 valence electrons. The van der Waals surface area contributed by atoms with E-state index < -0.39 is 0 Å². The summed E-state index contributed by atoms with van der Waals surface area (Å²) in [5.74, 6) is 0.599. The Balaban J connectivity index is 2.46. The third-order valence-electron chi connectivity index (χ3n) is 4.37. The molecular formula is C18H24N2. The molecule has 0 atom stereocenters. The number of hydrogen-bond acceptors (Lipinski definition) is 2. The number of rotatable bonds is 4. The molecule has 0 unspecified atom stereocenters. The molecule has 1 aliphatic rings. The molecule has 0 radical (unpaired) electrons. The summed E-state index contributed by atoms with van der Waals surface area (Å²) in [6, 6.07) is 12.2. The lowest BCUT2D eigenvalue weighted by atomic mass is 9.74. The van der Waals surface area contributed by atoms with Gasteiger partial charge < -0.3 is 5.73 Å². The van der Waals surface area contributed by atoms with Crippen LogP contribution in [0.3, 0.4) is 0 Å². The molecule has 0 aromatic heterocycles. The van der Waals surface area contributed by atoms with Crippen LogP contribution >= 0.6 is 0 Å². The fraction of sp³-hybridized carbons (Fsp3) is 0.500. The Morgan fingerprint density at radius 3 is 2.35 bits per heavy atom. The van der Waals surface area contributed by atoms with Crippen molar-refractivity contribution in [2.45, 2.75) is 46.0 Å². The van der Waals surface area contributed by atoms with E-state index in [1.807, 2.05) is 30.3 Å². The summed E-state index contributed by atoms with van der Waals surface area (Å²) in [5.41, 5.74) is 8.98. The molecule has 1 aliphatic carbocycles. The highest BCUT2D eigenvalue weighted by atomic mass is 14.7. The summed E-state index contributed by atoms with van der Waals surface area (Å²) in [4.78, 5) is 0. The number of nitriles is 1.